The average Bonchev–Trinajstić information content (AvgIpc) is 2.83. The van der Waals surface area contributed by atoms with Crippen LogP contribution in [0.5, 0.6) is 0 Å². The van der Waals surface area contributed by atoms with Crippen LogP contribution in [-0.2, 0) is 10.3 Å². The minimum absolute atomic E-state index is 0.129. The smallest absolute Gasteiger partial charge is 0.210 e. The molecule has 0 radical (unpaired) electrons. The topological polar surface area (TPSA) is 123 Å². The fourth-order valence-electron chi connectivity index (χ4n) is 2.81. The molecular weight excluding hydrogens is 382 g/mol. The first-order chi connectivity index (χ1) is 10.2. The molecule has 1 saturated heterocycles. The lowest BCUT2D eigenvalue weighted by molar-refractivity contribution is -0.343. The van der Waals surface area contributed by atoms with Crippen LogP contribution in [0.4, 0.5) is 5.69 Å². The van der Waals surface area contributed by atoms with E-state index < -0.39 is 33.7 Å². The van der Waals surface area contributed by atoms with Gasteiger partial charge in [-0.1, -0.05) is 45.7 Å². The highest BCUT2D eigenvalue weighted by molar-refractivity contribution is 9.09. The zero-order valence-electron chi connectivity index (χ0n) is 11.0. The molecule has 6 atom stereocenters. The van der Waals surface area contributed by atoms with Gasteiger partial charge in [0.2, 0.25) is 5.06 Å². The number of rotatable bonds is 1. The quantitative estimate of drug-likeness (QED) is 0.416. The molecule has 0 saturated carbocycles. The molecule has 0 aromatic heterocycles. The maximum Gasteiger partial charge on any atom is 0.210 e. The van der Waals surface area contributed by atoms with Crippen LogP contribution < -0.4 is 0 Å². The third-order valence-corrected chi connectivity index (χ3v) is 5.71. The predicted molar refractivity (Wildman–Crippen MR) is 80.1 cm³/mol. The number of alkyl halides is 2. The fraction of sp³-hybridized carbons (Fsp3) is 0.462. The van der Waals surface area contributed by atoms with Crippen LogP contribution in [0.1, 0.15) is 5.56 Å². The Kier molecular flexibility index (Phi) is 3.67. The number of aliphatic hydroxyl groups is 5. The predicted octanol–water partition coefficient (Wildman–Crippen LogP) is -0.321. The van der Waals surface area contributed by atoms with Crippen molar-refractivity contribution in [1.29, 1.82) is 0 Å². The van der Waals surface area contributed by atoms with E-state index >= 15 is 0 Å². The Morgan fingerprint density at radius 3 is 2.50 bits per heavy atom. The maximum absolute atomic E-state index is 11.0. The maximum atomic E-state index is 11.0. The molecule has 120 valence electrons. The number of hydrogen-bond acceptors (Lipinski definition) is 7. The first kappa shape index (κ1) is 16.3. The molecule has 0 bridgehead atoms. The van der Waals surface area contributed by atoms with Gasteiger partial charge in [0, 0.05) is 11.8 Å². The van der Waals surface area contributed by atoms with E-state index in [4.69, 9.17) is 16.3 Å². The highest BCUT2D eigenvalue weighted by atomic mass is 79.9. The molecule has 3 rings (SSSR count). The van der Waals surface area contributed by atoms with E-state index in [0.717, 1.165) is 6.21 Å². The molecule has 5 N–H and O–H groups in total. The summed E-state index contributed by atoms with van der Waals surface area (Å²) in [6, 6.07) is 6.30. The van der Waals surface area contributed by atoms with Crippen molar-refractivity contribution < 1.29 is 30.3 Å². The lowest BCUT2D eigenvalue weighted by Gasteiger charge is -2.54. The summed E-state index contributed by atoms with van der Waals surface area (Å²) >= 11 is 8.84. The molecule has 0 spiro atoms. The summed E-state index contributed by atoms with van der Waals surface area (Å²) in [6.45, 7) is 0. The number of benzene rings is 1. The summed E-state index contributed by atoms with van der Waals surface area (Å²) in [5, 5.41) is 48.2. The number of aliphatic imine (C=N–C) groups is 1. The third-order valence-electron chi connectivity index (χ3n) is 4.08. The van der Waals surface area contributed by atoms with Gasteiger partial charge in [-0.05, 0) is 6.07 Å². The molecule has 1 fully saturated rings. The first-order valence-corrected chi connectivity index (χ1v) is 7.62. The summed E-state index contributed by atoms with van der Waals surface area (Å²) in [5.74, 6) is 0. The molecule has 1 aromatic carbocycles. The van der Waals surface area contributed by atoms with E-state index in [1.54, 1.807) is 18.2 Å². The number of ether oxygens (including phenoxy) is 1. The number of para-hydroxylation sites is 1. The SMILES string of the molecule is O[C@@H]1[C@@H](O)OC(Br)[C@@](O)(Cl)[C@]1(O)C1(O)C=Nc2ccccc21. The molecule has 7 nitrogen and oxygen atoms in total. The highest BCUT2D eigenvalue weighted by Crippen LogP contribution is 2.54. The average molecular weight is 395 g/mol. The fourth-order valence-corrected chi connectivity index (χ4v) is 3.69. The van der Waals surface area contributed by atoms with Crippen LogP contribution in [0.2, 0.25) is 0 Å². The van der Waals surface area contributed by atoms with E-state index in [9.17, 15) is 25.5 Å². The summed E-state index contributed by atoms with van der Waals surface area (Å²) in [7, 11) is 0. The Labute approximate surface area is 138 Å². The largest absolute Gasteiger partial charge is 0.384 e. The monoisotopic (exact) mass is 393 g/mol. The van der Waals surface area contributed by atoms with Gasteiger partial charge in [0.25, 0.3) is 0 Å². The van der Waals surface area contributed by atoms with Gasteiger partial charge in [0.15, 0.2) is 22.5 Å². The summed E-state index contributed by atoms with van der Waals surface area (Å²) in [5.41, 5.74) is -4.67. The van der Waals surface area contributed by atoms with Crippen molar-refractivity contribution in [2.45, 2.75) is 33.7 Å². The second-order valence-electron chi connectivity index (χ2n) is 5.27. The molecule has 22 heavy (non-hydrogen) atoms. The van der Waals surface area contributed by atoms with E-state index in [2.05, 4.69) is 20.9 Å². The second kappa shape index (κ2) is 4.96. The Balaban J connectivity index is 2.22. The number of fused-ring (bicyclic) bond motifs is 1. The van der Waals surface area contributed by atoms with E-state index in [-0.39, 0.29) is 5.56 Å². The Hall–Kier alpha value is -0.580. The van der Waals surface area contributed by atoms with Crippen molar-refractivity contribution in [2.24, 2.45) is 4.99 Å². The summed E-state index contributed by atoms with van der Waals surface area (Å²) in [4.78, 5) is 3.97. The van der Waals surface area contributed by atoms with Crippen molar-refractivity contribution in [2.75, 3.05) is 0 Å². The zero-order valence-corrected chi connectivity index (χ0v) is 13.3. The minimum atomic E-state index is -2.80. The van der Waals surface area contributed by atoms with Gasteiger partial charge in [-0.15, -0.1) is 0 Å². The lowest BCUT2D eigenvalue weighted by atomic mass is 9.70. The van der Waals surface area contributed by atoms with Crippen molar-refractivity contribution in [3.8, 4) is 0 Å². The van der Waals surface area contributed by atoms with Crippen molar-refractivity contribution in [1.82, 2.24) is 0 Å². The number of nitrogens with zero attached hydrogens (tertiary/aromatic N) is 1. The summed E-state index contributed by atoms with van der Waals surface area (Å²) in [6.07, 6.45) is -3.03. The molecule has 2 aliphatic heterocycles. The molecule has 2 unspecified atom stereocenters. The normalized spacial score (nSPS) is 47.5. The number of halogens is 2. The van der Waals surface area contributed by atoms with E-state index in [1.165, 1.54) is 6.07 Å². The Bertz CT molecular complexity index is 643. The molecule has 9 heteroatoms. The number of hydrogen-bond donors (Lipinski definition) is 5. The van der Waals surface area contributed by atoms with Gasteiger partial charge in [-0.2, -0.15) is 0 Å². The van der Waals surface area contributed by atoms with Crippen LogP contribution in [-0.4, -0.2) is 59.8 Å². The van der Waals surface area contributed by atoms with Crippen LogP contribution in [0.25, 0.3) is 0 Å². The molecule has 1 aromatic rings. The van der Waals surface area contributed by atoms with Gasteiger partial charge in [-0.25, -0.2) is 0 Å². The molecular formula is C13H13BrClNO6. The van der Waals surface area contributed by atoms with Gasteiger partial charge in [0.1, 0.15) is 6.10 Å². The van der Waals surface area contributed by atoms with E-state index in [1.807, 2.05) is 0 Å². The Morgan fingerprint density at radius 1 is 1.18 bits per heavy atom. The lowest BCUT2D eigenvalue weighted by Crippen LogP contribution is -2.78. The first-order valence-electron chi connectivity index (χ1n) is 6.32. The van der Waals surface area contributed by atoms with Gasteiger partial charge in [0.05, 0.1) is 5.69 Å². The van der Waals surface area contributed by atoms with E-state index in [0.29, 0.717) is 5.69 Å². The van der Waals surface area contributed by atoms with Gasteiger partial charge < -0.3 is 30.3 Å². The van der Waals surface area contributed by atoms with Crippen LogP contribution in [0.15, 0.2) is 29.3 Å². The second-order valence-corrected chi connectivity index (χ2v) is 6.68. The van der Waals surface area contributed by atoms with Crippen LogP contribution in [0.3, 0.4) is 0 Å². The van der Waals surface area contributed by atoms with Crippen LogP contribution in [0, 0.1) is 0 Å². The standard InChI is InChI=1S/C13H13BrClNO6/c14-10-13(15,21)12(20,8(17)9(18)22-10)11(19)5-16-7-4-2-1-3-6(7)11/h1-5,8-10,17-21H/t8-,9+,10?,11?,12-,13+/m1/s1. The molecule has 0 aliphatic carbocycles. The van der Waals surface area contributed by atoms with Crippen molar-refractivity contribution in [3.63, 3.8) is 0 Å². The van der Waals surface area contributed by atoms with Crippen molar-refractivity contribution >= 4 is 39.4 Å². The third kappa shape index (κ3) is 1.80. The molecule has 2 aliphatic rings. The zero-order chi connectivity index (χ0) is 16.3. The minimum Gasteiger partial charge on any atom is -0.384 e. The van der Waals surface area contributed by atoms with Gasteiger partial charge in [-0.3, -0.25) is 4.99 Å². The number of aliphatic hydroxyl groups excluding tert-OH is 2. The summed E-state index contributed by atoms with van der Waals surface area (Å²) < 4.78 is 4.83. The van der Waals surface area contributed by atoms with Gasteiger partial charge >= 0.3 is 0 Å². The molecule has 2 heterocycles. The Morgan fingerprint density at radius 2 is 1.82 bits per heavy atom. The molecule has 0 amide bonds. The van der Waals surface area contributed by atoms with Crippen molar-refractivity contribution in [3.05, 3.63) is 29.8 Å². The highest BCUT2D eigenvalue weighted by Gasteiger charge is 2.73. The van der Waals surface area contributed by atoms with Crippen LogP contribution >= 0.6 is 27.5 Å².